The SMILES string of the molecule is Cc1cccc(C)c1C(=O)N1CCN(C)CC1. The van der Waals surface area contributed by atoms with Crippen LogP contribution in [0.25, 0.3) is 0 Å². The molecule has 0 aliphatic carbocycles. The molecule has 0 atom stereocenters. The summed E-state index contributed by atoms with van der Waals surface area (Å²) in [6.07, 6.45) is 0. The Hall–Kier alpha value is -1.35. The summed E-state index contributed by atoms with van der Waals surface area (Å²) in [5, 5.41) is 0. The summed E-state index contributed by atoms with van der Waals surface area (Å²) < 4.78 is 0. The topological polar surface area (TPSA) is 23.6 Å². The van der Waals surface area contributed by atoms with E-state index < -0.39 is 0 Å². The molecule has 1 heterocycles. The first-order valence-electron chi connectivity index (χ1n) is 6.13. The zero-order valence-corrected chi connectivity index (χ0v) is 10.9. The molecular weight excluding hydrogens is 212 g/mol. The maximum atomic E-state index is 12.5. The number of aryl methyl sites for hydroxylation is 2. The molecule has 0 aromatic heterocycles. The van der Waals surface area contributed by atoms with Gasteiger partial charge in [0.2, 0.25) is 0 Å². The number of rotatable bonds is 1. The summed E-state index contributed by atoms with van der Waals surface area (Å²) in [4.78, 5) is 16.7. The van der Waals surface area contributed by atoms with Gasteiger partial charge in [-0.2, -0.15) is 0 Å². The molecule has 0 radical (unpaired) electrons. The molecule has 92 valence electrons. The minimum absolute atomic E-state index is 0.189. The van der Waals surface area contributed by atoms with Crippen molar-refractivity contribution in [3.63, 3.8) is 0 Å². The summed E-state index contributed by atoms with van der Waals surface area (Å²) >= 11 is 0. The predicted octanol–water partition coefficient (Wildman–Crippen LogP) is 1.69. The average Bonchev–Trinajstić information content (AvgIpc) is 2.29. The largest absolute Gasteiger partial charge is 0.336 e. The monoisotopic (exact) mass is 232 g/mol. The summed E-state index contributed by atoms with van der Waals surface area (Å²) in [6, 6.07) is 6.03. The molecule has 17 heavy (non-hydrogen) atoms. The van der Waals surface area contributed by atoms with E-state index in [1.165, 1.54) is 0 Å². The van der Waals surface area contributed by atoms with Crippen LogP contribution in [0.5, 0.6) is 0 Å². The molecular formula is C14H20N2O. The first-order chi connectivity index (χ1) is 8.09. The second kappa shape index (κ2) is 4.88. The predicted molar refractivity (Wildman–Crippen MR) is 69.3 cm³/mol. The molecule has 1 aliphatic rings. The van der Waals surface area contributed by atoms with Crippen LogP contribution in [0.3, 0.4) is 0 Å². The minimum atomic E-state index is 0.189. The van der Waals surface area contributed by atoms with Crippen LogP contribution < -0.4 is 0 Å². The van der Waals surface area contributed by atoms with Gasteiger partial charge < -0.3 is 9.80 Å². The van der Waals surface area contributed by atoms with Crippen molar-refractivity contribution in [3.8, 4) is 0 Å². The maximum absolute atomic E-state index is 12.5. The second-order valence-corrected chi connectivity index (χ2v) is 4.86. The lowest BCUT2D eigenvalue weighted by molar-refractivity contribution is 0.0662. The number of hydrogen-bond donors (Lipinski definition) is 0. The smallest absolute Gasteiger partial charge is 0.254 e. The lowest BCUT2D eigenvalue weighted by atomic mass is 10.0. The van der Waals surface area contributed by atoms with Crippen LogP contribution in [0, 0.1) is 13.8 Å². The van der Waals surface area contributed by atoms with E-state index in [1.54, 1.807) is 0 Å². The number of carbonyl (C=O) groups is 1. The third-order valence-corrected chi connectivity index (χ3v) is 3.49. The van der Waals surface area contributed by atoms with Gasteiger partial charge in [-0.3, -0.25) is 4.79 Å². The quantitative estimate of drug-likeness (QED) is 0.735. The van der Waals surface area contributed by atoms with Crippen LogP contribution in [-0.2, 0) is 0 Å². The van der Waals surface area contributed by atoms with Crippen molar-refractivity contribution < 1.29 is 4.79 Å². The van der Waals surface area contributed by atoms with Gasteiger partial charge in [-0.25, -0.2) is 0 Å². The molecule has 0 saturated carbocycles. The lowest BCUT2D eigenvalue weighted by Crippen LogP contribution is -2.47. The zero-order valence-electron chi connectivity index (χ0n) is 10.9. The first-order valence-corrected chi connectivity index (χ1v) is 6.13. The van der Waals surface area contributed by atoms with E-state index in [4.69, 9.17) is 0 Å². The Labute approximate surface area is 103 Å². The Kier molecular flexibility index (Phi) is 3.48. The number of piperazine rings is 1. The zero-order chi connectivity index (χ0) is 12.4. The number of amides is 1. The van der Waals surface area contributed by atoms with Crippen LogP contribution in [0.4, 0.5) is 0 Å². The van der Waals surface area contributed by atoms with Crippen LogP contribution >= 0.6 is 0 Å². The van der Waals surface area contributed by atoms with Gasteiger partial charge in [-0.05, 0) is 32.0 Å². The highest BCUT2D eigenvalue weighted by molar-refractivity contribution is 5.97. The summed E-state index contributed by atoms with van der Waals surface area (Å²) in [7, 11) is 2.10. The third kappa shape index (κ3) is 2.50. The first kappa shape index (κ1) is 12.1. The molecule has 1 aromatic rings. The molecule has 1 fully saturated rings. The highest BCUT2D eigenvalue weighted by Gasteiger charge is 2.22. The van der Waals surface area contributed by atoms with E-state index in [1.807, 2.05) is 36.9 Å². The fourth-order valence-electron chi connectivity index (χ4n) is 2.32. The molecule has 0 unspecified atom stereocenters. The normalized spacial score (nSPS) is 17.2. The molecule has 3 nitrogen and oxygen atoms in total. The molecule has 1 amide bonds. The van der Waals surface area contributed by atoms with E-state index in [0.717, 1.165) is 42.9 Å². The molecule has 0 bridgehead atoms. The molecule has 0 spiro atoms. The van der Waals surface area contributed by atoms with Crippen LogP contribution in [0.2, 0.25) is 0 Å². The Balaban J connectivity index is 2.20. The fraction of sp³-hybridized carbons (Fsp3) is 0.500. The van der Waals surface area contributed by atoms with Crippen molar-refractivity contribution >= 4 is 5.91 Å². The second-order valence-electron chi connectivity index (χ2n) is 4.86. The average molecular weight is 232 g/mol. The summed E-state index contributed by atoms with van der Waals surface area (Å²) in [5.41, 5.74) is 3.04. The molecule has 1 aliphatic heterocycles. The van der Waals surface area contributed by atoms with E-state index in [-0.39, 0.29) is 5.91 Å². The van der Waals surface area contributed by atoms with Crippen LogP contribution in [-0.4, -0.2) is 48.9 Å². The van der Waals surface area contributed by atoms with E-state index >= 15 is 0 Å². The van der Waals surface area contributed by atoms with E-state index in [0.29, 0.717) is 0 Å². The summed E-state index contributed by atoms with van der Waals surface area (Å²) in [5.74, 6) is 0.189. The van der Waals surface area contributed by atoms with Gasteiger partial charge in [-0.15, -0.1) is 0 Å². The van der Waals surface area contributed by atoms with E-state index in [2.05, 4.69) is 11.9 Å². The Bertz CT molecular complexity index is 400. The molecule has 2 rings (SSSR count). The van der Waals surface area contributed by atoms with Gasteiger partial charge in [0, 0.05) is 31.7 Å². The molecule has 1 aromatic carbocycles. The molecule has 0 N–H and O–H groups in total. The number of nitrogens with zero attached hydrogens (tertiary/aromatic N) is 2. The van der Waals surface area contributed by atoms with Crippen LogP contribution in [0.1, 0.15) is 21.5 Å². The number of hydrogen-bond acceptors (Lipinski definition) is 2. The molecule has 3 heteroatoms. The van der Waals surface area contributed by atoms with Gasteiger partial charge in [-0.1, -0.05) is 18.2 Å². The van der Waals surface area contributed by atoms with Crippen molar-refractivity contribution in [2.75, 3.05) is 33.2 Å². The van der Waals surface area contributed by atoms with E-state index in [9.17, 15) is 4.79 Å². The van der Waals surface area contributed by atoms with Crippen molar-refractivity contribution in [2.24, 2.45) is 0 Å². The fourth-order valence-corrected chi connectivity index (χ4v) is 2.32. The Morgan fingerprint density at radius 3 is 2.12 bits per heavy atom. The van der Waals surface area contributed by atoms with Crippen molar-refractivity contribution in [1.82, 2.24) is 9.80 Å². The highest BCUT2D eigenvalue weighted by atomic mass is 16.2. The maximum Gasteiger partial charge on any atom is 0.254 e. The van der Waals surface area contributed by atoms with Gasteiger partial charge in [0.15, 0.2) is 0 Å². The van der Waals surface area contributed by atoms with Crippen molar-refractivity contribution in [2.45, 2.75) is 13.8 Å². The van der Waals surface area contributed by atoms with Gasteiger partial charge in [0.1, 0.15) is 0 Å². The lowest BCUT2D eigenvalue weighted by Gasteiger charge is -2.33. The van der Waals surface area contributed by atoms with Crippen molar-refractivity contribution in [1.29, 1.82) is 0 Å². The van der Waals surface area contributed by atoms with Crippen LogP contribution in [0.15, 0.2) is 18.2 Å². The van der Waals surface area contributed by atoms with Gasteiger partial charge in [0.05, 0.1) is 0 Å². The van der Waals surface area contributed by atoms with Gasteiger partial charge >= 0.3 is 0 Å². The van der Waals surface area contributed by atoms with Gasteiger partial charge in [0.25, 0.3) is 5.91 Å². The number of likely N-dealkylation sites (N-methyl/N-ethyl adjacent to an activating group) is 1. The minimum Gasteiger partial charge on any atom is -0.336 e. The van der Waals surface area contributed by atoms with Crippen molar-refractivity contribution in [3.05, 3.63) is 34.9 Å². The number of carbonyl (C=O) groups excluding carboxylic acids is 1. The highest BCUT2D eigenvalue weighted by Crippen LogP contribution is 2.16. The standard InChI is InChI=1S/C14H20N2O/c1-11-5-4-6-12(2)13(11)14(17)16-9-7-15(3)8-10-16/h4-6H,7-10H2,1-3H3. The number of benzene rings is 1. The Morgan fingerprint density at radius 2 is 1.59 bits per heavy atom. The Morgan fingerprint density at radius 1 is 1.06 bits per heavy atom. The summed E-state index contributed by atoms with van der Waals surface area (Å²) in [6.45, 7) is 7.63. The third-order valence-electron chi connectivity index (χ3n) is 3.49. The molecule has 1 saturated heterocycles.